The highest BCUT2D eigenvalue weighted by molar-refractivity contribution is 7.89. The lowest BCUT2D eigenvalue weighted by Crippen LogP contribution is -2.17. The van der Waals surface area contributed by atoms with Crippen LogP contribution in [0.3, 0.4) is 0 Å². The SMILES string of the molecule is CCc1nc(S(N)(=O)=O)cn1CC1CCC(C)O1. The van der Waals surface area contributed by atoms with Crippen molar-refractivity contribution in [2.24, 2.45) is 5.14 Å². The zero-order chi connectivity index (χ0) is 13.3. The van der Waals surface area contributed by atoms with Gasteiger partial charge in [-0.1, -0.05) is 6.92 Å². The van der Waals surface area contributed by atoms with Gasteiger partial charge in [0.05, 0.1) is 18.8 Å². The number of aromatic nitrogens is 2. The van der Waals surface area contributed by atoms with Crippen molar-refractivity contribution < 1.29 is 13.2 Å². The zero-order valence-electron chi connectivity index (χ0n) is 10.7. The molecule has 7 heteroatoms. The third kappa shape index (κ3) is 2.90. The van der Waals surface area contributed by atoms with E-state index in [1.807, 2.05) is 18.4 Å². The Hall–Kier alpha value is -0.920. The number of hydrogen-bond donors (Lipinski definition) is 1. The molecule has 0 amide bonds. The van der Waals surface area contributed by atoms with Crippen LogP contribution in [0.5, 0.6) is 0 Å². The number of imidazole rings is 1. The van der Waals surface area contributed by atoms with E-state index < -0.39 is 10.0 Å². The fraction of sp³-hybridized carbons (Fsp3) is 0.727. The molecule has 1 aliphatic heterocycles. The number of sulfonamides is 1. The van der Waals surface area contributed by atoms with Gasteiger partial charge in [-0.2, -0.15) is 0 Å². The van der Waals surface area contributed by atoms with Crippen LogP contribution in [0.4, 0.5) is 0 Å². The Morgan fingerprint density at radius 2 is 2.28 bits per heavy atom. The van der Waals surface area contributed by atoms with Gasteiger partial charge in [0.2, 0.25) is 0 Å². The van der Waals surface area contributed by atoms with Gasteiger partial charge in [0.15, 0.2) is 5.03 Å². The standard InChI is InChI=1S/C11H19N3O3S/c1-3-10-13-11(18(12,15)16)7-14(10)6-9-5-4-8(2)17-9/h7-9H,3-6H2,1-2H3,(H2,12,15,16). The van der Waals surface area contributed by atoms with Gasteiger partial charge in [-0.25, -0.2) is 18.5 Å². The second-order valence-corrected chi connectivity index (χ2v) is 6.20. The van der Waals surface area contributed by atoms with E-state index in [1.165, 1.54) is 6.20 Å². The van der Waals surface area contributed by atoms with Crippen LogP contribution in [0, 0.1) is 0 Å². The summed E-state index contributed by atoms with van der Waals surface area (Å²) < 4.78 is 30.1. The van der Waals surface area contributed by atoms with Gasteiger partial charge < -0.3 is 9.30 Å². The minimum atomic E-state index is -3.73. The second-order valence-electron chi connectivity index (χ2n) is 4.69. The third-order valence-corrected chi connectivity index (χ3v) is 3.94. The summed E-state index contributed by atoms with van der Waals surface area (Å²) in [7, 11) is -3.73. The van der Waals surface area contributed by atoms with Crippen LogP contribution in [0.25, 0.3) is 0 Å². The summed E-state index contributed by atoms with van der Waals surface area (Å²) in [6, 6.07) is 0. The van der Waals surface area contributed by atoms with Crippen molar-refractivity contribution in [3.8, 4) is 0 Å². The number of primary sulfonamides is 1. The first kappa shape index (κ1) is 13.5. The molecule has 1 saturated heterocycles. The minimum Gasteiger partial charge on any atom is -0.373 e. The van der Waals surface area contributed by atoms with Gasteiger partial charge in [0.1, 0.15) is 5.82 Å². The molecule has 6 nitrogen and oxygen atoms in total. The van der Waals surface area contributed by atoms with Gasteiger partial charge in [0, 0.05) is 12.6 Å². The topological polar surface area (TPSA) is 87.2 Å². The highest BCUT2D eigenvalue weighted by Crippen LogP contribution is 2.21. The number of aryl methyl sites for hydroxylation is 1. The van der Waals surface area contributed by atoms with Gasteiger partial charge in [-0.3, -0.25) is 0 Å². The second kappa shape index (κ2) is 4.99. The van der Waals surface area contributed by atoms with Gasteiger partial charge in [-0.15, -0.1) is 0 Å². The smallest absolute Gasteiger partial charge is 0.257 e. The van der Waals surface area contributed by atoms with Crippen LogP contribution >= 0.6 is 0 Å². The van der Waals surface area contributed by atoms with Crippen LogP contribution in [-0.4, -0.2) is 30.2 Å². The molecule has 2 heterocycles. The zero-order valence-corrected chi connectivity index (χ0v) is 11.5. The quantitative estimate of drug-likeness (QED) is 0.873. The Morgan fingerprint density at radius 3 is 2.78 bits per heavy atom. The fourth-order valence-electron chi connectivity index (χ4n) is 2.24. The third-order valence-electron chi connectivity index (χ3n) is 3.17. The largest absolute Gasteiger partial charge is 0.373 e. The Balaban J connectivity index is 2.19. The molecule has 0 aromatic carbocycles. The first-order valence-corrected chi connectivity index (χ1v) is 7.69. The normalized spacial score (nSPS) is 24.6. The predicted octanol–water partition coefficient (Wildman–Crippen LogP) is 0.660. The molecule has 1 aromatic heterocycles. The van der Waals surface area contributed by atoms with Gasteiger partial charge >= 0.3 is 0 Å². The van der Waals surface area contributed by atoms with E-state index in [9.17, 15) is 8.42 Å². The summed E-state index contributed by atoms with van der Waals surface area (Å²) in [6.45, 7) is 4.62. The van der Waals surface area contributed by atoms with Crippen molar-refractivity contribution in [1.29, 1.82) is 0 Å². The van der Waals surface area contributed by atoms with E-state index in [-0.39, 0.29) is 17.2 Å². The van der Waals surface area contributed by atoms with Crippen molar-refractivity contribution >= 4 is 10.0 Å². The van der Waals surface area contributed by atoms with Crippen molar-refractivity contribution in [2.45, 2.75) is 56.9 Å². The molecule has 2 unspecified atom stereocenters. The molecule has 0 aliphatic carbocycles. The molecule has 1 aromatic rings. The first-order valence-electron chi connectivity index (χ1n) is 6.14. The van der Waals surface area contributed by atoms with Crippen LogP contribution in [0.1, 0.15) is 32.5 Å². The van der Waals surface area contributed by atoms with Crippen molar-refractivity contribution in [1.82, 2.24) is 9.55 Å². The van der Waals surface area contributed by atoms with Gasteiger partial charge in [-0.05, 0) is 19.8 Å². The van der Waals surface area contributed by atoms with Crippen molar-refractivity contribution in [3.63, 3.8) is 0 Å². The molecular weight excluding hydrogens is 254 g/mol. The molecule has 0 bridgehead atoms. The van der Waals surface area contributed by atoms with Crippen LogP contribution < -0.4 is 5.14 Å². The molecule has 1 aliphatic rings. The Morgan fingerprint density at radius 1 is 1.56 bits per heavy atom. The number of rotatable bonds is 4. The number of ether oxygens (including phenoxy) is 1. The lowest BCUT2D eigenvalue weighted by Gasteiger charge is -2.13. The summed E-state index contributed by atoms with van der Waals surface area (Å²) in [4.78, 5) is 4.06. The summed E-state index contributed by atoms with van der Waals surface area (Å²) in [6.07, 6.45) is 4.61. The maximum Gasteiger partial charge on any atom is 0.257 e. The summed E-state index contributed by atoms with van der Waals surface area (Å²) in [5.41, 5.74) is 0. The minimum absolute atomic E-state index is 0.0644. The maximum atomic E-state index is 11.3. The Kier molecular flexibility index (Phi) is 3.74. The molecule has 2 rings (SSSR count). The Labute approximate surface area is 107 Å². The van der Waals surface area contributed by atoms with E-state index in [1.54, 1.807) is 0 Å². The molecular formula is C11H19N3O3S. The summed E-state index contributed by atoms with van der Waals surface area (Å²) in [5.74, 6) is 0.724. The number of nitrogens with two attached hydrogens (primary N) is 1. The van der Waals surface area contributed by atoms with Crippen LogP contribution in [0.15, 0.2) is 11.2 Å². The van der Waals surface area contributed by atoms with Gasteiger partial charge in [0.25, 0.3) is 10.0 Å². The molecule has 1 fully saturated rings. The van der Waals surface area contributed by atoms with Crippen LogP contribution in [-0.2, 0) is 27.7 Å². The number of nitrogens with zero attached hydrogens (tertiary/aromatic N) is 2. The molecule has 0 saturated carbocycles. The average Bonchev–Trinajstić information content (AvgIpc) is 2.85. The van der Waals surface area contributed by atoms with Crippen LogP contribution in [0.2, 0.25) is 0 Å². The maximum absolute atomic E-state index is 11.3. The predicted molar refractivity (Wildman–Crippen MR) is 66.5 cm³/mol. The highest BCUT2D eigenvalue weighted by Gasteiger charge is 2.24. The monoisotopic (exact) mass is 273 g/mol. The highest BCUT2D eigenvalue weighted by atomic mass is 32.2. The summed E-state index contributed by atoms with van der Waals surface area (Å²) in [5, 5.41) is 5.02. The lowest BCUT2D eigenvalue weighted by atomic mass is 10.2. The van der Waals surface area contributed by atoms with E-state index >= 15 is 0 Å². The van der Waals surface area contributed by atoms with Crippen molar-refractivity contribution in [2.75, 3.05) is 0 Å². The molecule has 0 spiro atoms. The fourth-order valence-corrected chi connectivity index (χ4v) is 2.75. The molecule has 102 valence electrons. The average molecular weight is 273 g/mol. The van der Waals surface area contributed by atoms with E-state index in [4.69, 9.17) is 9.88 Å². The van der Waals surface area contributed by atoms with E-state index in [2.05, 4.69) is 4.98 Å². The Bertz CT molecular complexity index is 524. The van der Waals surface area contributed by atoms with Crippen molar-refractivity contribution in [3.05, 3.63) is 12.0 Å². The molecule has 0 radical (unpaired) electrons. The van der Waals surface area contributed by atoms with E-state index in [0.29, 0.717) is 13.0 Å². The first-order chi connectivity index (χ1) is 8.40. The molecule has 18 heavy (non-hydrogen) atoms. The molecule has 2 atom stereocenters. The molecule has 2 N–H and O–H groups in total. The number of hydrogen-bond acceptors (Lipinski definition) is 4. The van der Waals surface area contributed by atoms with E-state index in [0.717, 1.165) is 18.7 Å². The lowest BCUT2D eigenvalue weighted by molar-refractivity contribution is 0.0453. The summed E-state index contributed by atoms with van der Waals surface area (Å²) >= 11 is 0.